The molecule has 1 unspecified atom stereocenters. The molecule has 0 amide bonds. The predicted molar refractivity (Wildman–Crippen MR) is 70.1 cm³/mol. The Balaban J connectivity index is 1.84. The lowest BCUT2D eigenvalue weighted by atomic mass is 10.2. The van der Waals surface area contributed by atoms with Gasteiger partial charge in [-0.05, 0) is 19.2 Å². The van der Waals surface area contributed by atoms with E-state index in [1.807, 2.05) is 12.3 Å². The van der Waals surface area contributed by atoms with E-state index in [1.165, 1.54) is 5.01 Å². The molecule has 90 valence electrons. The third-order valence-electron chi connectivity index (χ3n) is 3.19. The fraction of sp³-hybridized carbons (Fsp3) is 0.417. The summed E-state index contributed by atoms with van der Waals surface area (Å²) in [6.45, 7) is 3.15. The van der Waals surface area contributed by atoms with Crippen molar-refractivity contribution in [2.45, 2.75) is 6.04 Å². The van der Waals surface area contributed by atoms with E-state index in [4.69, 9.17) is 4.98 Å². The number of piperazine rings is 1. The molecule has 3 heterocycles. The third kappa shape index (κ3) is 2.13. The Morgan fingerprint density at radius 1 is 1.53 bits per heavy atom. The number of aromatic amines is 1. The molecule has 0 spiro atoms. The van der Waals surface area contributed by atoms with Gasteiger partial charge < -0.3 is 10.3 Å². The molecule has 0 saturated carbocycles. The minimum absolute atomic E-state index is 0.414. The van der Waals surface area contributed by atoms with E-state index < -0.39 is 0 Å². The summed E-state index contributed by atoms with van der Waals surface area (Å²) in [5, 5.41) is 6.75. The van der Waals surface area contributed by atoms with Crippen molar-refractivity contribution in [3.8, 4) is 11.4 Å². The highest BCUT2D eigenvalue weighted by molar-refractivity contribution is 7.10. The van der Waals surface area contributed by atoms with E-state index in [-0.39, 0.29) is 0 Å². The van der Waals surface area contributed by atoms with Crippen molar-refractivity contribution in [2.75, 3.05) is 26.7 Å². The lowest BCUT2D eigenvalue weighted by molar-refractivity contribution is 0.202. The molecular weight excluding hydrogens is 232 g/mol. The van der Waals surface area contributed by atoms with Gasteiger partial charge in [-0.2, -0.15) is 0 Å². The Morgan fingerprint density at radius 2 is 2.47 bits per heavy atom. The van der Waals surface area contributed by atoms with Crippen LogP contribution in [0.2, 0.25) is 0 Å². The second-order valence-corrected chi connectivity index (χ2v) is 5.24. The average Bonchev–Trinajstić information content (AvgIpc) is 3.00. The zero-order valence-electron chi connectivity index (χ0n) is 9.81. The summed E-state index contributed by atoms with van der Waals surface area (Å²) in [7, 11) is 2.17. The molecule has 2 N–H and O–H groups in total. The topological polar surface area (TPSA) is 44.0 Å². The quantitative estimate of drug-likeness (QED) is 0.850. The smallest absolute Gasteiger partial charge is 0.112 e. The molecule has 3 rings (SSSR count). The molecule has 1 saturated heterocycles. The van der Waals surface area contributed by atoms with Crippen LogP contribution >= 0.6 is 11.3 Å². The van der Waals surface area contributed by atoms with Gasteiger partial charge >= 0.3 is 0 Å². The Morgan fingerprint density at radius 3 is 3.24 bits per heavy atom. The number of hydrogen-bond donors (Lipinski definition) is 2. The van der Waals surface area contributed by atoms with E-state index in [0.29, 0.717) is 6.04 Å². The van der Waals surface area contributed by atoms with Crippen molar-refractivity contribution in [1.29, 1.82) is 0 Å². The van der Waals surface area contributed by atoms with Crippen LogP contribution in [-0.2, 0) is 0 Å². The first-order valence-corrected chi connectivity index (χ1v) is 6.73. The number of nitrogens with one attached hydrogen (secondary N) is 2. The maximum absolute atomic E-state index is 4.73. The zero-order chi connectivity index (χ0) is 11.7. The monoisotopic (exact) mass is 248 g/mol. The molecule has 1 atom stereocenters. The van der Waals surface area contributed by atoms with Gasteiger partial charge in [0.1, 0.15) is 5.01 Å². The number of H-pyrrole nitrogens is 1. The number of nitrogens with zero attached hydrogens (tertiary/aromatic N) is 2. The van der Waals surface area contributed by atoms with Crippen LogP contribution in [0.1, 0.15) is 11.0 Å². The molecular formula is C12H16N4S. The van der Waals surface area contributed by atoms with Gasteiger partial charge in [0.2, 0.25) is 0 Å². The molecule has 17 heavy (non-hydrogen) atoms. The standard InChI is InChI=1S/C12H16N4S/c1-16-6-5-13-7-11(16)12-15-10(8-17-12)9-3-2-4-14-9/h2-4,8,11,13-14H,5-7H2,1H3. The molecule has 1 aliphatic rings. The minimum atomic E-state index is 0.414. The van der Waals surface area contributed by atoms with E-state index >= 15 is 0 Å². The van der Waals surface area contributed by atoms with E-state index in [0.717, 1.165) is 31.0 Å². The van der Waals surface area contributed by atoms with Crippen LogP contribution in [0.15, 0.2) is 23.7 Å². The van der Waals surface area contributed by atoms with Crippen LogP contribution in [-0.4, -0.2) is 41.5 Å². The fourth-order valence-electron chi connectivity index (χ4n) is 2.14. The van der Waals surface area contributed by atoms with Gasteiger partial charge in [0.25, 0.3) is 0 Å². The van der Waals surface area contributed by atoms with E-state index in [9.17, 15) is 0 Å². The van der Waals surface area contributed by atoms with Crippen LogP contribution < -0.4 is 5.32 Å². The van der Waals surface area contributed by atoms with Gasteiger partial charge in [0.15, 0.2) is 0 Å². The molecule has 1 fully saturated rings. The Hall–Kier alpha value is -1.17. The fourth-order valence-corrected chi connectivity index (χ4v) is 3.12. The highest BCUT2D eigenvalue weighted by Gasteiger charge is 2.23. The summed E-state index contributed by atoms with van der Waals surface area (Å²) >= 11 is 1.75. The van der Waals surface area contributed by atoms with Crippen LogP contribution in [0.5, 0.6) is 0 Å². The van der Waals surface area contributed by atoms with Crippen LogP contribution in [0.3, 0.4) is 0 Å². The molecule has 5 heteroatoms. The first kappa shape index (κ1) is 11.0. The van der Waals surface area contributed by atoms with Crippen LogP contribution in [0.4, 0.5) is 0 Å². The minimum Gasteiger partial charge on any atom is -0.360 e. The number of hydrogen-bond acceptors (Lipinski definition) is 4. The maximum atomic E-state index is 4.73. The van der Waals surface area contributed by atoms with Crippen molar-refractivity contribution in [2.24, 2.45) is 0 Å². The van der Waals surface area contributed by atoms with Crippen molar-refractivity contribution < 1.29 is 0 Å². The van der Waals surface area contributed by atoms with Crippen molar-refractivity contribution in [3.63, 3.8) is 0 Å². The third-order valence-corrected chi connectivity index (χ3v) is 4.14. The molecule has 0 aliphatic carbocycles. The van der Waals surface area contributed by atoms with Crippen molar-refractivity contribution in [1.82, 2.24) is 20.2 Å². The summed E-state index contributed by atoms with van der Waals surface area (Å²) in [6.07, 6.45) is 1.93. The van der Waals surface area contributed by atoms with Crippen molar-refractivity contribution >= 4 is 11.3 Å². The molecule has 1 aliphatic heterocycles. The van der Waals surface area contributed by atoms with Crippen molar-refractivity contribution in [3.05, 3.63) is 28.7 Å². The Kier molecular flexibility index (Phi) is 2.96. The van der Waals surface area contributed by atoms with Crippen LogP contribution in [0.25, 0.3) is 11.4 Å². The van der Waals surface area contributed by atoms with Gasteiger partial charge in [-0.15, -0.1) is 11.3 Å². The Labute approximate surface area is 105 Å². The SMILES string of the molecule is CN1CCNCC1c1nc(-c2ccc[nH]2)cs1. The second kappa shape index (κ2) is 4.60. The van der Waals surface area contributed by atoms with Gasteiger partial charge in [-0.1, -0.05) is 0 Å². The second-order valence-electron chi connectivity index (χ2n) is 4.36. The van der Waals surface area contributed by atoms with Crippen LogP contribution in [0, 0.1) is 0 Å². The maximum Gasteiger partial charge on any atom is 0.112 e. The van der Waals surface area contributed by atoms with E-state index in [1.54, 1.807) is 11.3 Å². The zero-order valence-corrected chi connectivity index (χ0v) is 10.6. The molecule has 0 bridgehead atoms. The largest absolute Gasteiger partial charge is 0.360 e. The highest BCUT2D eigenvalue weighted by Crippen LogP contribution is 2.27. The first-order chi connectivity index (χ1) is 8.34. The summed E-state index contributed by atoms with van der Waals surface area (Å²) < 4.78 is 0. The Bertz CT molecular complexity index is 476. The summed E-state index contributed by atoms with van der Waals surface area (Å²) in [5.74, 6) is 0. The van der Waals surface area contributed by atoms with Gasteiger partial charge in [-0.3, -0.25) is 4.90 Å². The predicted octanol–water partition coefficient (Wildman–Crippen LogP) is 1.71. The molecule has 4 nitrogen and oxygen atoms in total. The number of thiazole rings is 1. The lowest BCUT2D eigenvalue weighted by Crippen LogP contribution is -2.43. The van der Waals surface area contributed by atoms with Gasteiger partial charge in [0, 0.05) is 31.2 Å². The average molecular weight is 248 g/mol. The first-order valence-electron chi connectivity index (χ1n) is 5.85. The summed E-state index contributed by atoms with van der Waals surface area (Å²) in [6, 6.07) is 4.47. The van der Waals surface area contributed by atoms with Gasteiger partial charge in [0.05, 0.1) is 17.4 Å². The molecule has 0 aromatic carbocycles. The highest BCUT2D eigenvalue weighted by atomic mass is 32.1. The molecule has 0 radical (unpaired) electrons. The lowest BCUT2D eigenvalue weighted by Gasteiger charge is -2.31. The molecule has 2 aromatic heterocycles. The summed E-state index contributed by atoms with van der Waals surface area (Å²) in [5.41, 5.74) is 2.15. The molecule has 2 aromatic rings. The number of aromatic nitrogens is 2. The summed E-state index contributed by atoms with van der Waals surface area (Å²) in [4.78, 5) is 10.3. The van der Waals surface area contributed by atoms with E-state index in [2.05, 4.69) is 33.7 Å². The number of likely N-dealkylation sites (N-methyl/N-ethyl adjacent to an activating group) is 1. The van der Waals surface area contributed by atoms with Gasteiger partial charge in [-0.25, -0.2) is 4.98 Å². The normalized spacial score (nSPS) is 21.8. The number of rotatable bonds is 2.